The summed E-state index contributed by atoms with van der Waals surface area (Å²) in [6, 6.07) is 0. The molecule has 0 N–H and O–H groups in total. The van der Waals surface area contributed by atoms with Crippen molar-refractivity contribution in [3.63, 3.8) is 0 Å². The van der Waals surface area contributed by atoms with Crippen molar-refractivity contribution >= 4 is 5.97 Å². The standard InChI is InChI=1S/C13H22O4/c1-5-15-12(14)10(4)11-8-13(9-11,16-6-2)17-7-3/h5-9H2,1-4H3. The third-order valence-electron chi connectivity index (χ3n) is 2.89. The van der Waals surface area contributed by atoms with Crippen LogP contribution in [0.4, 0.5) is 0 Å². The lowest BCUT2D eigenvalue weighted by molar-refractivity contribution is -0.254. The maximum Gasteiger partial charge on any atom is 0.333 e. The maximum atomic E-state index is 11.5. The van der Waals surface area contributed by atoms with Gasteiger partial charge in [0.2, 0.25) is 0 Å². The van der Waals surface area contributed by atoms with Crippen LogP contribution in [-0.4, -0.2) is 31.6 Å². The number of rotatable bonds is 6. The Balaban J connectivity index is 2.63. The molecule has 0 bridgehead atoms. The highest BCUT2D eigenvalue weighted by molar-refractivity contribution is 5.89. The van der Waals surface area contributed by atoms with E-state index in [1.54, 1.807) is 13.8 Å². The maximum absolute atomic E-state index is 11.5. The minimum absolute atomic E-state index is 0.232. The Morgan fingerprint density at radius 2 is 1.65 bits per heavy atom. The molecule has 17 heavy (non-hydrogen) atoms. The molecule has 0 saturated heterocycles. The highest BCUT2D eigenvalue weighted by Gasteiger charge is 2.44. The second-order valence-electron chi connectivity index (χ2n) is 4.08. The van der Waals surface area contributed by atoms with Gasteiger partial charge in [-0.3, -0.25) is 0 Å². The van der Waals surface area contributed by atoms with Gasteiger partial charge in [0.1, 0.15) is 0 Å². The Bertz CT molecular complexity index is 291. The minimum Gasteiger partial charge on any atom is -0.463 e. The zero-order valence-electron chi connectivity index (χ0n) is 11.2. The van der Waals surface area contributed by atoms with E-state index in [9.17, 15) is 4.79 Å². The van der Waals surface area contributed by atoms with E-state index in [1.165, 1.54) is 0 Å². The average molecular weight is 242 g/mol. The normalized spacial score (nSPS) is 17.5. The number of carbonyl (C=O) groups is 1. The van der Waals surface area contributed by atoms with Crippen molar-refractivity contribution in [2.24, 2.45) is 0 Å². The zero-order valence-corrected chi connectivity index (χ0v) is 11.2. The monoisotopic (exact) mass is 242 g/mol. The first kappa shape index (κ1) is 14.2. The van der Waals surface area contributed by atoms with Crippen LogP contribution in [0, 0.1) is 0 Å². The Kier molecular flexibility index (Phi) is 5.15. The topological polar surface area (TPSA) is 44.8 Å². The molecule has 1 aliphatic carbocycles. The smallest absolute Gasteiger partial charge is 0.333 e. The van der Waals surface area contributed by atoms with Crippen LogP contribution in [0.3, 0.4) is 0 Å². The van der Waals surface area contributed by atoms with E-state index in [0.717, 1.165) is 5.57 Å². The summed E-state index contributed by atoms with van der Waals surface area (Å²) in [7, 11) is 0. The second kappa shape index (κ2) is 6.17. The lowest BCUT2D eigenvalue weighted by Gasteiger charge is -2.43. The highest BCUT2D eigenvalue weighted by Crippen LogP contribution is 2.43. The van der Waals surface area contributed by atoms with Crippen LogP contribution in [0.25, 0.3) is 0 Å². The number of carbonyl (C=O) groups excluding carboxylic acids is 1. The number of hydrogen-bond acceptors (Lipinski definition) is 4. The van der Waals surface area contributed by atoms with Crippen molar-refractivity contribution in [2.75, 3.05) is 19.8 Å². The molecule has 1 fully saturated rings. The Hall–Kier alpha value is -0.870. The summed E-state index contributed by atoms with van der Waals surface area (Å²) in [5.74, 6) is -0.740. The molecule has 0 aliphatic heterocycles. The molecule has 0 radical (unpaired) electrons. The third kappa shape index (κ3) is 3.30. The van der Waals surface area contributed by atoms with Crippen LogP contribution in [0.2, 0.25) is 0 Å². The van der Waals surface area contributed by atoms with E-state index in [1.807, 2.05) is 13.8 Å². The molecule has 1 saturated carbocycles. The van der Waals surface area contributed by atoms with Crippen molar-refractivity contribution < 1.29 is 19.0 Å². The van der Waals surface area contributed by atoms with E-state index in [2.05, 4.69) is 0 Å². The molecule has 0 amide bonds. The molecule has 0 aromatic carbocycles. The van der Waals surface area contributed by atoms with Crippen LogP contribution in [-0.2, 0) is 19.0 Å². The highest BCUT2D eigenvalue weighted by atomic mass is 16.7. The Morgan fingerprint density at radius 1 is 1.12 bits per heavy atom. The quantitative estimate of drug-likeness (QED) is 0.407. The number of ether oxygens (including phenoxy) is 3. The van der Waals surface area contributed by atoms with E-state index in [-0.39, 0.29) is 5.97 Å². The van der Waals surface area contributed by atoms with Gasteiger partial charge in [0.15, 0.2) is 5.79 Å². The summed E-state index contributed by atoms with van der Waals surface area (Å²) in [5.41, 5.74) is 1.77. The summed E-state index contributed by atoms with van der Waals surface area (Å²) < 4.78 is 16.2. The van der Waals surface area contributed by atoms with Gasteiger partial charge in [0.25, 0.3) is 0 Å². The van der Waals surface area contributed by atoms with E-state index in [0.29, 0.717) is 38.2 Å². The van der Waals surface area contributed by atoms with Gasteiger partial charge in [0, 0.05) is 31.6 Å². The molecule has 4 heteroatoms. The Morgan fingerprint density at radius 3 is 2.06 bits per heavy atom. The Labute approximate surface area is 103 Å². The first-order valence-electron chi connectivity index (χ1n) is 6.22. The minimum atomic E-state index is -0.507. The van der Waals surface area contributed by atoms with Crippen molar-refractivity contribution in [3.8, 4) is 0 Å². The zero-order chi connectivity index (χ0) is 12.9. The molecule has 0 heterocycles. The SMILES string of the molecule is CCOC(=O)C(C)=C1CC(OCC)(OCC)C1. The summed E-state index contributed by atoms with van der Waals surface area (Å²) in [4.78, 5) is 11.5. The largest absolute Gasteiger partial charge is 0.463 e. The fourth-order valence-corrected chi connectivity index (χ4v) is 2.02. The molecule has 1 aliphatic rings. The first-order chi connectivity index (χ1) is 8.08. The van der Waals surface area contributed by atoms with Gasteiger partial charge in [0.05, 0.1) is 6.61 Å². The summed E-state index contributed by atoms with van der Waals surface area (Å²) in [6.45, 7) is 9.14. The number of hydrogen-bond donors (Lipinski definition) is 0. The van der Waals surface area contributed by atoms with E-state index < -0.39 is 5.79 Å². The van der Waals surface area contributed by atoms with Gasteiger partial charge in [-0.15, -0.1) is 0 Å². The second-order valence-corrected chi connectivity index (χ2v) is 4.08. The summed E-state index contributed by atoms with van der Waals surface area (Å²) in [5, 5.41) is 0. The predicted octanol–water partition coefficient (Wildman–Crippen LogP) is 2.43. The van der Waals surface area contributed by atoms with Gasteiger partial charge in [-0.1, -0.05) is 0 Å². The third-order valence-corrected chi connectivity index (χ3v) is 2.89. The summed E-state index contributed by atoms with van der Waals surface area (Å²) >= 11 is 0. The molecular weight excluding hydrogens is 220 g/mol. The molecule has 4 nitrogen and oxygen atoms in total. The van der Waals surface area contributed by atoms with Gasteiger partial charge >= 0.3 is 5.97 Å². The molecule has 0 aromatic heterocycles. The first-order valence-corrected chi connectivity index (χ1v) is 6.22. The van der Waals surface area contributed by atoms with Crippen molar-refractivity contribution in [2.45, 2.75) is 46.3 Å². The van der Waals surface area contributed by atoms with Gasteiger partial charge < -0.3 is 14.2 Å². The summed E-state index contributed by atoms with van der Waals surface area (Å²) in [6.07, 6.45) is 1.33. The predicted molar refractivity (Wildman–Crippen MR) is 64.6 cm³/mol. The molecule has 1 rings (SSSR count). The van der Waals surface area contributed by atoms with E-state index in [4.69, 9.17) is 14.2 Å². The van der Waals surface area contributed by atoms with Crippen LogP contribution in [0.15, 0.2) is 11.1 Å². The van der Waals surface area contributed by atoms with Crippen molar-refractivity contribution in [3.05, 3.63) is 11.1 Å². The van der Waals surface area contributed by atoms with Crippen LogP contribution < -0.4 is 0 Å². The van der Waals surface area contributed by atoms with Crippen molar-refractivity contribution in [1.29, 1.82) is 0 Å². The van der Waals surface area contributed by atoms with Crippen LogP contribution >= 0.6 is 0 Å². The van der Waals surface area contributed by atoms with Gasteiger partial charge in [-0.2, -0.15) is 0 Å². The van der Waals surface area contributed by atoms with Crippen LogP contribution in [0.1, 0.15) is 40.5 Å². The van der Waals surface area contributed by atoms with Crippen molar-refractivity contribution in [1.82, 2.24) is 0 Å². The fraction of sp³-hybridized carbons (Fsp3) is 0.769. The van der Waals surface area contributed by atoms with Gasteiger partial charge in [-0.05, 0) is 33.3 Å². The molecule has 98 valence electrons. The lowest BCUT2D eigenvalue weighted by atomic mass is 9.81. The van der Waals surface area contributed by atoms with E-state index >= 15 is 0 Å². The number of esters is 1. The molecule has 0 unspecified atom stereocenters. The average Bonchev–Trinajstić information content (AvgIpc) is 2.25. The van der Waals surface area contributed by atoms with Gasteiger partial charge in [-0.25, -0.2) is 4.79 Å². The molecule has 0 aromatic rings. The molecular formula is C13H22O4. The molecule has 0 atom stereocenters. The van der Waals surface area contributed by atoms with Crippen LogP contribution in [0.5, 0.6) is 0 Å². The lowest BCUT2D eigenvalue weighted by Crippen LogP contribution is -2.45. The molecule has 0 spiro atoms. The fourth-order valence-electron chi connectivity index (χ4n) is 2.02.